The van der Waals surface area contributed by atoms with E-state index in [0.29, 0.717) is 10.9 Å². The third-order valence-corrected chi connectivity index (χ3v) is 3.88. The van der Waals surface area contributed by atoms with Gasteiger partial charge in [0, 0.05) is 16.6 Å². The second-order valence-electron chi connectivity index (χ2n) is 4.40. The maximum absolute atomic E-state index is 6.28. The largest absolute Gasteiger partial charge is 0.495 e. The first kappa shape index (κ1) is 10.0. The van der Waals surface area contributed by atoms with Crippen molar-refractivity contribution in [3.63, 3.8) is 0 Å². The van der Waals surface area contributed by atoms with Crippen molar-refractivity contribution in [2.75, 3.05) is 7.11 Å². The highest BCUT2D eigenvalue weighted by molar-refractivity contribution is 6.37. The summed E-state index contributed by atoms with van der Waals surface area (Å²) >= 11 is 6.28. The second kappa shape index (κ2) is 3.70. The number of aromatic nitrogens is 1. The summed E-state index contributed by atoms with van der Waals surface area (Å²) in [5, 5.41) is 1.78. The number of H-pyrrole nitrogens is 1. The predicted molar refractivity (Wildman–Crippen MR) is 66.5 cm³/mol. The topological polar surface area (TPSA) is 25.0 Å². The summed E-state index contributed by atoms with van der Waals surface area (Å²) in [7, 11) is 1.65. The zero-order valence-corrected chi connectivity index (χ0v) is 9.97. The standard InChI is InChI=1S/C13H14ClNO/c1-16-12-6-5-10-9(13(12)14)7-11(15-10)8-3-2-4-8/h5-8,15H,2-4H2,1H3. The van der Waals surface area contributed by atoms with Crippen molar-refractivity contribution in [1.82, 2.24) is 4.98 Å². The van der Waals surface area contributed by atoms with Crippen molar-refractivity contribution < 1.29 is 4.74 Å². The van der Waals surface area contributed by atoms with Gasteiger partial charge in [-0.1, -0.05) is 18.0 Å². The number of aromatic amines is 1. The lowest BCUT2D eigenvalue weighted by Gasteiger charge is -2.23. The SMILES string of the molecule is COc1ccc2[nH]c(C3CCC3)cc2c1Cl. The maximum Gasteiger partial charge on any atom is 0.138 e. The quantitative estimate of drug-likeness (QED) is 0.833. The van der Waals surface area contributed by atoms with Crippen LogP contribution < -0.4 is 4.74 Å². The van der Waals surface area contributed by atoms with Crippen LogP contribution in [-0.4, -0.2) is 12.1 Å². The fourth-order valence-corrected chi connectivity index (χ4v) is 2.56. The molecule has 1 N–H and O–H groups in total. The molecule has 1 aromatic heterocycles. The van der Waals surface area contributed by atoms with E-state index in [2.05, 4.69) is 11.1 Å². The van der Waals surface area contributed by atoms with E-state index in [4.69, 9.17) is 16.3 Å². The molecule has 1 aliphatic rings. The van der Waals surface area contributed by atoms with Crippen LogP contribution in [-0.2, 0) is 0 Å². The Kier molecular flexibility index (Phi) is 2.32. The van der Waals surface area contributed by atoms with E-state index in [1.54, 1.807) is 7.11 Å². The van der Waals surface area contributed by atoms with Crippen molar-refractivity contribution in [2.24, 2.45) is 0 Å². The summed E-state index contributed by atoms with van der Waals surface area (Å²) in [4.78, 5) is 3.45. The van der Waals surface area contributed by atoms with E-state index in [-0.39, 0.29) is 0 Å². The summed E-state index contributed by atoms with van der Waals surface area (Å²) in [5.74, 6) is 1.45. The molecule has 0 saturated heterocycles. The first-order valence-electron chi connectivity index (χ1n) is 5.64. The zero-order valence-electron chi connectivity index (χ0n) is 9.22. The Balaban J connectivity index is 2.12. The summed E-state index contributed by atoms with van der Waals surface area (Å²) in [6.07, 6.45) is 3.93. The summed E-state index contributed by atoms with van der Waals surface area (Å²) in [5.41, 5.74) is 2.42. The molecule has 2 nitrogen and oxygen atoms in total. The van der Waals surface area contributed by atoms with Crippen LogP contribution in [0.1, 0.15) is 30.9 Å². The summed E-state index contributed by atoms with van der Waals surface area (Å²) < 4.78 is 5.22. The molecule has 0 bridgehead atoms. The van der Waals surface area contributed by atoms with Gasteiger partial charge in [-0.2, -0.15) is 0 Å². The minimum atomic E-state index is 0.703. The highest BCUT2D eigenvalue weighted by Crippen LogP contribution is 2.40. The van der Waals surface area contributed by atoms with Gasteiger partial charge in [-0.25, -0.2) is 0 Å². The van der Waals surface area contributed by atoms with Gasteiger partial charge in [-0.3, -0.25) is 0 Å². The van der Waals surface area contributed by atoms with Gasteiger partial charge in [0.25, 0.3) is 0 Å². The molecule has 0 amide bonds. The molecule has 0 unspecified atom stereocenters. The number of rotatable bonds is 2. The average molecular weight is 236 g/mol. The van der Waals surface area contributed by atoms with Crippen LogP contribution >= 0.6 is 11.6 Å². The summed E-state index contributed by atoms with van der Waals surface area (Å²) in [6, 6.07) is 6.11. The fraction of sp³-hybridized carbons (Fsp3) is 0.385. The fourth-order valence-electron chi connectivity index (χ4n) is 2.27. The molecule has 0 aliphatic heterocycles. The highest BCUT2D eigenvalue weighted by Gasteiger charge is 2.22. The van der Waals surface area contributed by atoms with Gasteiger partial charge in [-0.15, -0.1) is 0 Å². The Bertz CT molecular complexity index is 528. The lowest BCUT2D eigenvalue weighted by Crippen LogP contribution is -2.08. The van der Waals surface area contributed by atoms with Gasteiger partial charge in [-0.05, 0) is 37.0 Å². The molecule has 3 heteroatoms. The maximum atomic E-state index is 6.28. The van der Waals surface area contributed by atoms with Crippen molar-refractivity contribution >= 4 is 22.5 Å². The minimum Gasteiger partial charge on any atom is -0.495 e. The van der Waals surface area contributed by atoms with Gasteiger partial charge in [0.2, 0.25) is 0 Å². The predicted octanol–water partition coefficient (Wildman–Crippen LogP) is 4.10. The molecule has 0 atom stereocenters. The number of ether oxygens (including phenoxy) is 1. The van der Waals surface area contributed by atoms with E-state index < -0.39 is 0 Å². The van der Waals surface area contributed by atoms with Gasteiger partial charge >= 0.3 is 0 Å². The highest BCUT2D eigenvalue weighted by atomic mass is 35.5. The van der Waals surface area contributed by atoms with Crippen LogP contribution in [0.5, 0.6) is 5.75 Å². The molecule has 84 valence electrons. The molecule has 1 aliphatic carbocycles. The van der Waals surface area contributed by atoms with Crippen LogP contribution in [0.25, 0.3) is 10.9 Å². The second-order valence-corrected chi connectivity index (χ2v) is 4.77. The van der Waals surface area contributed by atoms with Gasteiger partial charge in [0.15, 0.2) is 0 Å². The Labute approximate surface area is 99.6 Å². The van der Waals surface area contributed by atoms with E-state index in [1.165, 1.54) is 25.0 Å². The van der Waals surface area contributed by atoms with Crippen molar-refractivity contribution in [1.29, 1.82) is 0 Å². The number of methoxy groups -OCH3 is 1. The van der Waals surface area contributed by atoms with E-state index in [9.17, 15) is 0 Å². The molecule has 16 heavy (non-hydrogen) atoms. The molecular weight excluding hydrogens is 222 g/mol. The smallest absolute Gasteiger partial charge is 0.138 e. The molecule has 1 saturated carbocycles. The van der Waals surface area contributed by atoms with Crippen LogP contribution in [0.15, 0.2) is 18.2 Å². The molecule has 0 radical (unpaired) electrons. The number of halogens is 1. The molecule has 0 spiro atoms. The molecule has 1 heterocycles. The molecular formula is C13H14ClNO. The number of nitrogens with one attached hydrogen (secondary N) is 1. The number of fused-ring (bicyclic) bond motifs is 1. The first-order chi connectivity index (χ1) is 7.79. The van der Waals surface area contributed by atoms with Crippen molar-refractivity contribution in [3.8, 4) is 5.75 Å². The Morgan fingerprint density at radius 2 is 2.19 bits per heavy atom. The number of hydrogen-bond acceptors (Lipinski definition) is 1. The monoisotopic (exact) mass is 235 g/mol. The summed E-state index contributed by atoms with van der Waals surface area (Å²) in [6.45, 7) is 0. The van der Waals surface area contributed by atoms with E-state index in [1.807, 2.05) is 12.1 Å². The molecule has 1 fully saturated rings. The molecule has 3 rings (SSSR count). The molecule has 2 aromatic rings. The van der Waals surface area contributed by atoms with E-state index in [0.717, 1.165) is 16.7 Å². The average Bonchev–Trinajstić information content (AvgIpc) is 2.60. The number of hydrogen-bond donors (Lipinski definition) is 1. The Morgan fingerprint density at radius 1 is 1.38 bits per heavy atom. The van der Waals surface area contributed by atoms with Crippen molar-refractivity contribution in [2.45, 2.75) is 25.2 Å². The van der Waals surface area contributed by atoms with Crippen LogP contribution in [0.4, 0.5) is 0 Å². The van der Waals surface area contributed by atoms with Gasteiger partial charge < -0.3 is 9.72 Å². The normalized spacial score (nSPS) is 16.4. The lowest BCUT2D eigenvalue weighted by molar-refractivity contribution is 0.413. The van der Waals surface area contributed by atoms with Gasteiger partial charge in [0.1, 0.15) is 5.75 Å². The van der Waals surface area contributed by atoms with Crippen molar-refractivity contribution in [3.05, 3.63) is 28.9 Å². The minimum absolute atomic E-state index is 0.703. The first-order valence-corrected chi connectivity index (χ1v) is 6.02. The Hall–Kier alpha value is -1.15. The van der Waals surface area contributed by atoms with Gasteiger partial charge in [0.05, 0.1) is 12.1 Å². The third kappa shape index (κ3) is 1.40. The third-order valence-electron chi connectivity index (χ3n) is 3.49. The molecule has 1 aromatic carbocycles. The van der Waals surface area contributed by atoms with Crippen LogP contribution in [0, 0.1) is 0 Å². The number of benzene rings is 1. The van der Waals surface area contributed by atoms with E-state index >= 15 is 0 Å². The van der Waals surface area contributed by atoms with Crippen LogP contribution in [0.3, 0.4) is 0 Å². The lowest BCUT2D eigenvalue weighted by atomic mass is 9.83. The Morgan fingerprint density at radius 3 is 2.81 bits per heavy atom. The zero-order chi connectivity index (χ0) is 11.1. The van der Waals surface area contributed by atoms with Crippen LogP contribution in [0.2, 0.25) is 5.02 Å².